The molecule has 0 aliphatic carbocycles. The van der Waals surface area contributed by atoms with Gasteiger partial charge in [0.05, 0.1) is 13.7 Å². The first-order chi connectivity index (χ1) is 11.7. The third-order valence-corrected chi connectivity index (χ3v) is 3.72. The maximum atomic E-state index is 12.2. The molecular formula is C17H19N3O4. The highest BCUT2D eigenvalue weighted by atomic mass is 16.5. The first kappa shape index (κ1) is 16.0. The molecule has 7 nitrogen and oxygen atoms in total. The summed E-state index contributed by atoms with van der Waals surface area (Å²) in [5.74, 6) is 1.50. The number of aromatic nitrogens is 2. The summed E-state index contributed by atoms with van der Waals surface area (Å²) in [6.45, 7) is 1.19. The molecule has 0 saturated carbocycles. The van der Waals surface area contributed by atoms with Gasteiger partial charge in [-0.15, -0.1) is 10.2 Å². The van der Waals surface area contributed by atoms with Gasteiger partial charge < -0.3 is 19.1 Å². The Morgan fingerprint density at radius 1 is 1.17 bits per heavy atom. The van der Waals surface area contributed by atoms with Crippen LogP contribution in [-0.4, -0.2) is 53.9 Å². The van der Waals surface area contributed by atoms with E-state index in [1.54, 1.807) is 17.0 Å². The Bertz CT molecular complexity index is 663. The van der Waals surface area contributed by atoms with Crippen LogP contribution in [0.4, 0.5) is 0 Å². The molecule has 1 aromatic carbocycles. The predicted octanol–water partition coefficient (Wildman–Crippen LogP) is 1.54. The molecule has 1 aliphatic rings. The van der Waals surface area contributed by atoms with Crippen LogP contribution in [0.5, 0.6) is 17.5 Å². The van der Waals surface area contributed by atoms with Crippen LogP contribution >= 0.6 is 0 Å². The lowest BCUT2D eigenvalue weighted by Crippen LogP contribution is -2.34. The SMILES string of the molecule is COc1ccc(O[C@H]2CCN(C(=O)COc3ccccc3)C2)nn1. The number of likely N-dealkylation sites (tertiary alicyclic amines) is 1. The highest BCUT2D eigenvalue weighted by Gasteiger charge is 2.28. The van der Waals surface area contributed by atoms with Gasteiger partial charge in [-0.25, -0.2) is 0 Å². The molecule has 1 aliphatic heterocycles. The lowest BCUT2D eigenvalue weighted by molar-refractivity contribution is -0.132. The molecule has 0 bridgehead atoms. The van der Waals surface area contributed by atoms with E-state index < -0.39 is 0 Å². The number of carbonyl (C=O) groups is 1. The average Bonchev–Trinajstić information content (AvgIpc) is 3.10. The van der Waals surface area contributed by atoms with Gasteiger partial charge in [-0.2, -0.15) is 0 Å². The summed E-state index contributed by atoms with van der Waals surface area (Å²) in [7, 11) is 1.53. The van der Waals surface area contributed by atoms with Crippen molar-refractivity contribution in [3.63, 3.8) is 0 Å². The van der Waals surface area contributed by atoms with Gasteiger partial charge in [0.2, 0.25) is 11.8 Å². The molecule has 1 amide bonds. The summed E-state index contributed by atoms with van der Waals surface area (Å²) in [6, 6.07) is 12.7. The fraction of sp³-hybridized carbons (Fsp3) is 0.353. The Hall–Kier alpha value is -2.83. The van der Waals surface area contributed by atoms with Gasteiger partial charge in [-0.05, 0) is 12.1 Å². The van der Waals surface area contributed by atoms with E-state index in [4.69, 9.17) is 14.2 Å². The predicted molar refractivity (Wildman–Crippen MR) is 86.1 cm³/mol. The standard InChI is InChI=1S/C17H19N3O4/c1-22-15-7-8-16(19-18-15)24-14-9-10-20(11-14)17(21)12-23-13-5-3-2-4-6-13/h2-8,14H,9-12H2,1H3/t14-/m0/s1. The molecule has 2 heterocycles. The van der Waals surface area contributed by atoms with E-state index in [-0.39, 0.29) is 18.6 Å². The van der Waals surface area contributed by atoms with Gasteiger partial charge in [-0.3, -0.25) is 4.79 Å². The second-order valence-corrected chi connectivity index (χ2v) is 5.38. The molecule has 7 heteroatoms. The minimum absolute atomic E-state index is 0.0269. The Labute approximate surface area is 140 Å². The van der Waals surface area contributed by atoms with E-state index in [1.807, 2.05) is 30.3 Å². The van der Waals surface area contributed by atoms with E-state index in [0.29, 0.717) is 30.6 Å². The van der Waals surface area contributed by atoms with E-state index in [2.05, 4.69) is 10.2 Å². The van der Waals surface area contributed by atoms with Crippen molar-refractivity contribution in [2.45, 2.75) is 12.5 Å². The monoisotopic (exact) mass is 329 g/mol. The highest BCUT2D eigenvalue weighted by molar-refractivity contribution is 5.78. The minimum atomic E-state index is -0.0895. The molecule has 0 radical (unpaired) electrons. The zero-order valence-electron chi connectivity index (χ0n) is 13.4. The molecule has 2 aromatic rings. The van der Waals surface area contributed by atoms with Crippen LogP contribution in [0.1, 0.15) is 6.42 Å². The molecule has 0 N–H and O–H groups in total. The molecule has 3 rings (SSSR count). The van der Waals surface area contributed by atoms with Crippen LogP contribution < -0.4 is 14.2 Å². The quantitative estimate of drug-likeness (QED) is 0.800. The molecular weight excluding hydrogens is 310 g/mol. The molecule has 1 fully saturated rings. The van der Waals surface area contributed by atoms with Crippen molar-refractivity contribution in [3.8, 4) is 17.5 Å². The van der Waals surface area contributed by atoms with Crippen molar-refractivity contribution in [2.24, 2.45) is 0 Å². The van der Waals surface area contributed by atoms with Gasteiger partial charge >= 0.3 is 0 Å². The molecule has 24 heavy (non-hydrogen) atoms. The fourth-order valence-electron chi connectivity index (χ4n) is 2.45. The van der Waals surface area contributed by atoms with Crippen molar-refractivity contribution < 1.29 is 19.0 Å². The van der Waals surface area contributed by atoms with E-state index >= 15 is 0 Å². The molecule has 0 unspecified atom stereocenters. The fourth-order valence-corrected chi connectivity index (χ4v) is 2.45. The lowest BCUT2D eigenvalue weighted by Gasteiger charge is -2.17. The Balaban J connectivity index is 1.46. The van der Waals surface area contributed by atoms with E-state index in [9.17, 15) is 4.79 Å². The van der Waals surface area contributed by atoms with E-state index in [0.717, 1.165) is 6.42 Å². The van der Waals surface area contributed by atoms with Crippen molar-refractivity contribution >= 4 is 5.91 Å². The van der Waals surface area contributed by atoms with Crippen molar-refractivity contribution in [2.75, 3.05) is 26.8 Å². The third-order valence-electron chi connectivity index (χ3n) is 3.72. The highest BCUT2D eigenvalue weighted by Crippen LogP contribution is 2.18. The van der Waals surface area contributed by atoms with Gasteiger partial charge in [0.1, 0.15) is 11.9 Å². The Kier molecular flexibility index (Phi) is 5.10. The van der Waals surface area contributed by atoms with E-state index in [1.165, 1.54) is 7.11 Å². The third kappa shape index (κ3) is 4.13. The molecule has 0 spiro atoms. The zero-order valence-corrected chi connectivity index (χ0v) is 13.4. The zero-order chi connectivity index (χ0) is 16.8. The maximum Gasteiger partial charge on any atom is 0.260 e. The number of hydrogen-bond acceptors (Lipinski definition) is 6. The van der Waals surface area contributed by atoms with Crippen LogP contribution in [0.2, 0.25) is 0 Å². The molecule has 126 valence electrons. The number of hydrogen-bond donors (Lipinski definition) is 0. The summed E-state index contributed by atoms with van der Waals surface area (Å²) in [5, 5.41) is 7.79. The topological polar surface area (TPSA) is 73.8 Å². The number of amides is 1. The normalized spacial score (nSPS) is 16.7. The number of para-hydroxylation sites is 1. The Morgan fingerprint density at radius 3 is 2.62 bits per heavy atom. The largest absolute Gasteiger partial charge is 0.484 e. The van der Waals surface area contributed by atoms with Crippen LogP contribution in [0.15, 0.2) is 42.5 Å². The lowest BCUT2D eigenvalue weighted by atomic mass is 10.3. The number of carbonyl (C=O) groups excluding carboxylic acids is 1. The summed E-state index contributed by atoms with van der Waals surface area (Å²) in [6.07, 6.45) is 0.665. The second kappa shape index (κ2) is 7.63. The van der Waals surface area contributed by atoms with Crippen molar-refractivity contribution in [3.05, 3.63) is 42.5 Å². The molecule has 1 atom stereocenters. The summed E-state index contributed by atoms with van der Waals surface area (Å²) in [5.41, 5.74) is 0. The number of benzene rings is 1. The van der Waals surface area contributed by atoms with Crippen molar-refractivity contribution in [1.82, 2.24) is 15.1 Å². The number of ether oxygens (including phenoxy) is 3. The molecule has 1 aromatic heterocycles. The second-order valence-electron chi connectivity index (χ2n) is 5.38. The number of nitrogens with zero attached hydrogens (tertiary/aromatic N) is 3. The minimum Gasteiger partial charge on any atom is -0.484 e. The van der Waals surface area contributed by atoms with Gasteiger partial charge in [0, 0.05) is 25.1 Å². The van der Waals surface area contributed by atoms with Crippen LogP contribution in [0.25, 0.3) is 0 Å². The Morgan fingerprint density at radius 2 is 1.92 bits per heavy atom. The molecule has 1 saturated heterocycles. The average molecular weight is 329 g/mol. The van der Waals surface area contributed by atoms with Crippen molar-refractivity contribution in [1.29, 1.82) is 0 Å². The maximum absolute atomic E-state index is 12.2. The smallest absolute Gasteiger partial charge is 0.260 e. The number of methoxy groups -OCH3 is 1. The summed E-state index contributed by atoms with van der Waals surface area (Å²) in [4.78, 5) is 13.9. The van der Waals surface area contributed by atoms with Crippen LogP contribution in [0.3, 0.4) is 0 Å². The summed E-state index contributed by atoms with van der Waals surface area (Å²) < 4.78 is 16.2. The van der Waals surface area contributed by atoms with Crippen LogP contribution in [-0.2, 0) is 4.79 Å². The van der Waals surface area contributed by atoms with Gasteiger partial charge in [-0.1, -0.05) is 18.2 Å². The van der Waals surface area contributed by atoms with Gasteiger partial charge in [0.15, 0.2) is 6.61 Å². The van der Waals surface area contributed by atoms with Gasteiger partial charge in [0.25, 0.3) is 5.91 Å². The van der Waals surface area contributed by atoms with Crippen LogP contribution in [0, 0.1) is 0 Å². The summed E-state index contributed by atoms with van der Waals surface area (Å²) >= 11 is 0. The first-order valence-electron chi connectivity index (χ1n) is 7.74. The first-order valence-corrected chi connectivity index (χ1v) is 7.74. The number of rotatable bonds is 6.